The highest BCUT2D eigenvalue weighted by atomic mass is 19.1. The third kappa shape index (κ3) is 5.95. The summed E-state index contributed by atoms with van der Waals surface area (Å²) in [6, 6.07) is 0. The Morgan fingerprint density at radius 3 is 1.66 bits per heavy atom. The largest absolute Gasteiger partial charge is 0.394 e. The van der Waals surface area contributed by atoms with Crippen molar-refractivity contribution in [3.63, 3.8) is 0 Å². The van der Waals surface area contributed by atoms with Gasteiger partial charge in [0.15, 0.2) is 35.7 Å². The molecular formula is C19H28F2N6O11. The van der Waals surface area contributed by atoms with E-state index in [1.54, 1.807) is 0 Å². The zero-order valence-corrected chi connectivity index (χ0v) is 18.6. The van der Waals surface area contributed by atoms with Crippen molar-refractivity contribution in [2.75, 3.05) is 24.4 Å². The molecule has 2 aromatic heterocycles. The molecule has 10 N–H and O–H groups in total. The summed E-state index contributed by atoms with van der Waals surface area (Å²) < 4.78 is 38.0. The highest BCUT2D eigenvalue weighted by Gasteiger charge is 2.45. The van der Waals surface area contributed by atoms with Gasteiger partial charge in [-0.15, -0.1) is 0 Å². The van der Waals surface area contributed by atoms with Crippen molar-refractivity contribution in [1.82, 2.24) is 19.1 Å². The maximum Gasteiger partial charge on any atom is 0.351 e. The fraction of sp³-hybridized carbons (Fsp3) is 0.579. The second-order valence-corrected chi connectivity index (χ2v) is 7.86. The summed E-state index contributed by atoms with van der Waals surface area (Å²) in [4.78, 5) is 29.5. The predicted octanol–water partition coefficient (Wildman–Crippen LogP) is -3.99. The Kier molecular flexibility index (Phi) is 10.3. The smallest absolute Gasteiger partial charge is 0.351 e. The van der Waals surface area contributed by atoms with Crippen LogP contribution in [0.1, 0.15) is 19.9 Å². The van der Waals surface area contributed by atoms with Crippen molar-refractivity contribution in [2.45, 2.75) is 56.5 Å². The van der Waals surface area contributed by atoms with Crippen LogP contribution in [0.2, 0.25) is 0 Å². The maximum atomic E-state index is 13.4. The molecule has 0 amide bonds. The van der Waals surface area contributed by atoms with Gasteiger partial charge in [0, 0.05) is 0 Å². The highest BCUT2D eigenvalue weighted by molar-refractivity contribution is 5.30. The van der Waals surface area contributed by atoms with Crippen LogP contribution in [-0.4, -0.2) is 105 Å². The Morgan fingerprint density at radius 1 is 0.842 bits per heavy atom. The second-order valence-electron chi connectivity index (χ2n) is 7.86. The average Bonchev–Trinajstić information content (AvgIpc) is 3.32. The van der Waals surface area contributed by atoms with E-state index < -0.39 is 96.9 Å². The first-order chi connectivity index (χ1) is 17.4. The van der Waals surface area contributed by atoms with Gasteiger partial charge in [0.05, 0.1) is 25.6 Å². The minimum atomic E-state index is -1.52. The van der Waals surface area contributed by atoms with Gasteiger partial charge in [0.1, 0.15) is 36.6 Å². The van der Waals surface area contributed by atoms with Crippen molar-refractivity contribution < 1.29 is 54.1 Å². The normalized spacial score (nSPS) is 30.3. The first-order valence-electron chi connectivity index (χ1n) is 10.4. The Hall–Kier alpha value is -3.14. The van der Waals surface area contributed by atoms with Crippen LogP contribution in [0.5, 0.6) is 0 Å². The molecule has 0 aliphatic carbocycles. The zero-order valence-electron chi connectivity index (χ0n) is 18.6. The number of aliphatic hydroxyl groups is 6. The molecule has 214 valence electrons. The SMILES string of the molecule is C.Nc1nc(=O)n([C@@H]2O[C@H](CO)[C@H](O)C2O)cc1F.O=c1nc(NO)c(F)cn1[C@@H]1O[C@H](CO)[C@H](O)C1O. The number of rotatable bonds is 5. The number of aromatic nitrogens is 4. The topological polar surface area (TPSA) is 268 Å². The molecule has 19 heteroatoms. The lowest BCUT2D eigenvalue weighted by molar-refractivity contribution is -0.0553. The van der Waals surface area contributed by atoms with Crippen molar-refractivity contribution in [2.24, 2.45) is 0 Å². The van der Waals surface area contributed by atoms with Gasteiger partial charge in [-0.3, -0.25) is 14.3 Å². The van der Waals surface area contributed by atoms with Crippen molar-refractivity contribution in [3.8, 4) is 0 Å². The molecular weight excluding hydrogens is 526 g/mol. The van der Waals surface area contributed by atoms with E-state index in [4.69, 9.17) is 30.6 Å². The fourth-order valence-electron chi connectivity index (χ4n) is 3.57. The maximum absolute atomic E-state index is 13.4. The second kappa shape index (κ2) is 12.6. The standard InChI is InChI=1S/C9H12FN3O6.C9H12FN3O5.CH4/c10-3-1-13(9(17)11-7(3)12-18)8-6(16)5(15)4(2-14)19-8;10-3-1-13(9(17)12-7(3)11)8-6(16)5(15)4(2-14)18-8;/h1,4-6,8,14-16,18H,2H2,(H,11,12,17);1,4-6,8,14-16H,2H2,(H2,11,12,17);1H4/t2*4-,5+,6?,8-;/m11./s1. The third-order valence-electron chi connectivity index (χ3n) is 5.53. The third-order valence-corrected chi connectivity index (χ3v) is 5.53. The van der Waals surface area contributed by atoms with Gasteiger partial charge in [0.2, 0.25) is 0 Å². The summed E-state index contributed by atoms with van der Waals surface area (Å²) in [6.07, 6.45) is -9.27. The summed E-state index contributed by atoms with van der Waals surface area (Å²) in [5, 5.41) is 64.7. The molecule has 2 fully saturated rings. The van der Waals surface area contributed by atoms with Gasteiger partial charge in [-0.1, -0.05) is 7.43 Å². The number of ether oxygens (including phenoxy) is 2. The lowest BCUT2D eigenvalue weighted by Gasteiger charge is -2.17. The first-order valence-corrected chi connectivity index (χ1v) is 10.4. The van der Waals surface area contributed by atoms with Gasteiger partial charge in [0.25, 0.3) is 0 Å². The molecule has 4 heterocycles. The number of nitrogen functional groups attached to an aromatic ring is 1. The zero-order chi connectivity index (χ0) is 27.6. The Morgan fingerprint density at radius 2 is 1.26 bits per heavy atom. The highest BCUT2D eigenvalue weighted by Crippen LogP contribution is 2.29. The summed E-state index contributed by atoms with van der Waals surface area (Å²) in [5.41, 5.74) is 4.58. The summed E-state index contributed by atoms with van der Waals surface area (Å²) in [5.74, 6) is -3.25. The summed E-state index contributed by atoms with van der Waals surface area (Å²) >= 11 is 0. The van der Waals surface area contributed by atoms with Crippen LogP contribution in [-0.2, 0) is 9.47 Å². The number of halogens is 2. The Balaban J connectivity index is 0.000000260. The molecule has 0 radical (unpaired) electrons. The van der Waals surface area contributed by atoms with Crippen LogP contribution in [0.3, 0.4) is 0 Å². The first kappa shape index (κ1) is 31.1. The quantitative estimate of drug-likeness (QED) is 0.159. The van der Waals surface area contributed by atoms with E-state index in [-0.39, 0.29) is 7.43 Å². The summed E-state index contributed by atoms with van der Waals surface area (Å²) in [6.45, 7) is -1.12. The van der Waals surface area contributed by atoms with E-state index in [1.165, 1.54) is 5.48 Å². The van der Waals surface area contributed by atoms with Crippen LogP contribution in [0.4, 0.5) is 20.4 Å². The van der Waals surface area contributed by atoms with Gasteiger partial charge in [-0.2, -0.15) is 9.97 Å². The van der Waals surface area contributed by atoms with Gasteiger partial charge in [-0.05, 0) is 0 Å². The molecule has 38 heavy (non-hydrogen) atoms. The van der Waals surface area contributed by atoms with E-state index >= 15 is 0 Å². The van der Waals surface area contributed by atoms with Gasteiger partial charge in [-0.25, -0.2) is 23.9 Å². The number of nitrogens with one attached hydrogen (secondary N) is 1. The van der Waals surface area contributed by atoms with E-state index in [0.29, 0.717) is 15.3 Å². The number of anilines is 2. The molecule has 2 aliphatic rings. The molecule has 17 nitrogen and oxygen atoms in total. The fourth-order valence-corrected chi connectivity index (χ4v) is 3.57. The lowest BCUT2D eigenvalue weighted by atomic mass is 10.1. The van der Waals surface area contributed by atoms with Crippen molar-refractivity contribution >= 4 is 11.6 Å². The monoisotopic (exact) mass is 554 g/mol. The minimum absolute atomic E-state index is 0. The molecule has 0 spiro atoms. The van der Waals surface area contributed by atoms with Crippen molar-refractivity contribution in [3.05, 3.63) is 45.0 Å². The van der Waals surface area contributed by atoms with Crippen LogP contribution in [0.15, 0.2) is 22.0 Å². The van der Waals surface area contributed by atoms with E-state index in [0.717, 1.165) is 6.20 Å². The van der Waals surface area contributed by atoms with Crippen LogP contribution in [0.25, 0.3) is 0 Å². The van der Waals surface area contributed by atoms with Crippen LogP contribution < -0.4 is 22.6 Å². The number of nitrogens with zero attached hydrogens (tertiary/aromatic N) is 4. The molecule has 0 aromatic carbocycles. The van der Waals surface area contributed by atoms with Crippen LogP contribution >= 0.6 is 0 Å². The summed E-state index contributed by atoms with van der Waals surface area (Å²) in [7, 11) is 0. The lowest BCUT2D eigenvalue weighted by Crippen LogP contribution is -2.36. The molecule has 2 aliphatic heterocycles. The number of nitrogens with two attached hydrogens (primary N) is 1. The molecule has 0 bridgehead atoms. The average molecular weight is 554 g/mol. The molecule has 8 atom stereocenters. The van der Waals surface area contributed by atoms with Gasteiger partial charge >= 0.3 is 11.4 Å². The van der Waals surface area contributed by atoms with E-state index in [2.05, 4.69) is 9.97 Å². The molecule has 2 aromatic rings. The molecule has 4 rings (SSSR count). The number of hydrogen-bond acceptors (Lipinski definition) is 15. The van der Waals surface area contributed by atoms with Gasteiger partial charge < -0.3 is 45.8 Å². The van der Waals surface area contributed by atoms with Crippen LogP contribution in [0, 0.1) is 11.6 Å². The number of aliphatic hydroxyl groups excluding tert-OH is 6. The Bertz CT molecular complexity index is 1220. The molecule has 2 unspecified atom stereocenters. The Labute approximate surface area is 211 Å². The predicted molar refractivity (Wildman–Crippen MR) is 119 cm³/mol. The van der Waals surface area contributed by atoms with Crippen molar-refractivity contribution in [1.29, 1.82) is 0 Å². The minimum Gasteiger partial charge on any atom is -0.394 e. The van der Waals surface area contributed by atoms with E-state index in [9.17, 15) is 38.8 Å². The number of hydrogen-bond donors (Lipinski definition) is 9. The van der Waals surface area contributed by atoms with E-state index in [1.807, 2.05) is 0 Å². The molecule has 2 saturated heterocycles. The molecule has 0 saturated carbocycles.